The summed E-state index contributed by atoms with van der Waals surface area (Å²) in [5.74, 6) is -0.779. The number of carbonyl (C=O) groups is 2. The topological polar surface area (TPSA) is 117 Å². The Labute approximate surface area is 172 Å². The van der Waals surface area contributed by atoms with Crippen molar-refractivity contribution in [1.29, 1.82) is 0 Å². The maximum atomic E-state index is 12.4. The van der Waals surface area contributed by atoms with Crippen LogP contribution in [0.1, 0.15) is 5.56 Å². The molecule has 0 radical (unpaired) electrons. The number of para-hydroxylation sites is 2. The minimum Gasteiger partial charge on any atom is -0.495 e. The number of piperazine rings is 1. The third kappa shape index (κ3) is 4.90. The zero-order valence-corrected chi connectivity index (χ0v) is 16.4. The van der Waals surface area contributed by atoms with Crippen molar-refractivity contribution in [3.05, 3.63) is 64.2 Å². The Bertz CT molecular complexity index is 970. The van der Waals surface area contributed by atoms with Crippen LogP contribution in [0.25, 0.3) is 0 Å². The van der Waals surface area contributed by atoms with Gasteiger partial charge in [-0.25, -0.2) is 5.43 Å². The van der Waals surface area contributed by atoms with Crippen LogP contribution in [-0.4, -0.2) is 61.1 Å². The summed E-state index contributed by atoms with van der Waals surface area (Å²) in [7, 11) is 1.61. The van der Waals surface area contributed by atoms with Gasteiger partial charge in [0.15, 0.2) is 0 Å². The van der Waals surface area contributed by atoms with Crippen LogP contribution in [0, 0.1) is 10.1 Å². The quantitative estimate of drug-likeness (QED) is 0.344. The summed E-state index contributed by atoms with van der Waals surface area (Å²) in [6, 6.07) is 13.4. The van der Waals surface area contributed by atoms with Gasteiger partial charge in [0.2, 0.25) is 0 Å². The molecule has 1 saturated heterocycles. The summed E-state index contributed by atoms with van der Waals surface area (Å²) >= 11 is 0. The number of carbonyl (C=O) groups excluding carboxylic acids is 2. The number of nitro benzene ring substituents is 1. The van der Waals surface area contributed by atoms with Crippen molar-refractivity contribution < 1.29 is 19.2 Å². The lowest BCUT2D eigenvalue weighted by molar-refractivity contribution is -0.384. The molecule has 1 heterocycles. The van der Waals surface area contributed by atoms with Gasteiger partial charge in [0, 0.05) is 43.9 Å². The van der Waals surface area contributed by atoms with Gasteiger partial charge in [0.05, 0.1) is 23.9 Å². The van der Waals surface area contributed by atoms with E-state index in [9.17, 15) is 19.7 Å². The number of nitrogens with zero attached hydrogens (tertiary/aromatic N) is 4. The molecule has 0 bridgehead atoms. The monoisotopic (exact) mass is 411 g/mol. The zero-order valence-electron chi connectivity index (χ0n) is 16.4. The average molecular weight is 411 g/mol. The highest BCUT2D eigenvalue weighted by Crippen LogP contribution is 2.28. The highest BCUT2D eigenvalue weighted by molar-refractivity contribution is 6.35. The van der Waals surface area contributed by atoms with E-state index in [2.05, 4.69) is 15.4 Å². The van der Waals surface area contributed by atoms with E-state index in [1.165, 1.54) is 29.3 Å². The molecule has 0 aromatic heterocycles. The van der Waals surface area contributed by atoms with Gasteiger partial charge < -0.3 is 14.5 Å². The molecule has 0 aliphatic carbocycles. The minimum atomic E-state index is -0.859. The van der Waals surface area contributed by atoms with Gasteiger partial charge in [-0.2, -0.15) is 5.10 Å². The molecule has 2 amide bonds. The Morgan fingerprint density at radius 1 is 1.13 bits per heavy atom. The number of nitrogens with one attached hydrogen (secondary N) is 1. The molecule has 30 heavy (non-hydrogen) atoms. The first kappa shape index (κ1) is 20.8. The number of nitro groups is 1. The van der Waals surface area contributed by atoms with E-state index < -0.39 is 16.7 Å². The Morgan fingerprint density at radius 3 is 2.57 bits per heavy atom. The van der Waals surface area contributed by atoms with E-state index >= 15 is 0 Å². The van der Waals surface area contributed by atoms with Crippen molar-refractivity contribution in [2.45, 2.75) is 0 Å². The molecule has 0 atom stereocenters. The van der Waals surface area contributed by atoms with E-state index in [-0.39, 0.29) is 5.69 Å². The fourth-order valence-electron chi connectivity index (χ4n) is 3.12. The summed E-state index contributed by atoms with van der Waals surface area (Å²) in [6.07, 6.45) is 1.25. The normalized spacial score (nSPS) is 13.9. The van der Waals surface area contributed by atoms with Crippen LogP contribution >= 0.6 is 0 Å². The number of non-ortho nitro benzene ring substituents is 1. The van der Waals surface area contributed by atoms with Gasteiger partial charge in [-0.3, -0.25) is 19.7 Å². The number of anilines is 1. The predicted octanol–water partition coefficient (Wildman–Crippen LogP) is 1.40. The predicted molar refractivity (Wildman–Crippen MR) is 111 cm³/mol. The summed E-state index contributed by atoms with van der Waals surface area (Å²) in [4.78, 5) is 38.3. The van der Waals surface area contributed by atoms with Crippen molar-refractivity contribution in [2.24, 2.45) is 5.10 Å². The Kier molecular flexibility index (Phi) is 6.58. The Balaban J connectivity index is 1.53. The van der Waals surface area contributed by atoms with Gasteiger partial charge in [-0.05, 0) is 12.1 Å². The Morgan fingerprint density at radius 2 is 1.87 bits per heavy atom. The van der Waals surface area contributed by atoms with Crippen molar-refractivity contribution in [2.75, 3.05) is 38.2 Å². The van der Waals surface area contributed by atoms with Crippen LogP contribution < -0.4 is 15.1 Å². The number of ether oxygens (including phenoxy) is 1. The molecule has 10 nitrogen and oxygen atoms in total. The fraction of sp³-hybridized carbons (Fsp3) is 0.250. The molecule has 156 valence electrons. The zero-order chi connectivity index (χ0) is 21.5. The third-order valence-corrected chi connectivity index (χ3v) is 4.65. The average Bonchev–Trinajstić information content (AvgIpc) is 2.78. The number of amides is 2. The van der Waals surface area contributed by atoms with E-state index in [1.54, 1.807) is 13.2 Å². The lowest BCUT2D eigenvalue weighted by Gasteiger charge is -2.36. The number of rotatable bonds is 5. The van der Waals surface area contributed by atoms with Crippen LogP contribution in [0.2, 0.25) is 0 Å². The molecule has 1 aliphatic rings. The summed E-state index contributed by atoms with van der Waals surface area (Å²) < 4.78 is 5.37. The second-order valence-electron chi connectivity index (χ2n) is 6.50. The standard InChI is InChI=1S/C20H21N5O5/c1-30-18-8-3-2-7-17(18)23-9-11-24(12-10-23)20(27)19(26)22-21-14-15-5-4-6-16(13-15)25(28)29/h2-8,13-14H,9-12H2,1H3,(H,22,26)/b21-14-. The smallest absolute Gasteiger partial charge is 0.329 e. The van der Waals surface area contributed by atoms with Gasteiger partial charge in [0.25, 0.3) is 5.69 Å². The molecule has 10 heteroatoms. The van der Waals surface area contributed by atoms with Gasteiger partial charge in [-0.1, -0.05) is 24.3 Å². The van der Waals surface area contributed by atoms with Crippen LogP contribution in [0.15, 0.2) is 53.6 Å². The Hall–Kier alpha value is -3.95. The van der Waals surface area contributed by atoms with Gasteiger partial charge in [-0.15, -0.1) is 0 Å². The van der Waals surface area contributed by atoms with Crippen molar-refractivity contribution >= 4 is 29.4 Å². The van der Waals surface area contributed by atoms with E-state index in [1.807, 2.05) is 24.3 Å². The number of hydrogen-bond acceptors (Lipinski definition) is 7. The molecule has 1 aliphatic heterocycles. The minimum absolute atomic E-state index is 0.0886. The first-order valence-electron chi connectivity index (χ1n) is 9.24. The highest BCUT2D eigenvalue weighted by Gasteiger charge is 2.26. The highest BCUT2D eigenvalue weighted by atomic mass is 16.6. The first-order valence-corrected chi connectivity index (χ1v) is 9.24. The lowest BCUT2D eigenvalue weighted by Crippen LogP contribution is -2.52. The number of hydrogen-bond donors (Lipinski definition) is 1. The molecule has 1 fully saturated rings. The maximum Gasteiger partial charge on any atom is 0.329 e. The molecule has 2 aromatic carbocycles. The van der Waals surface area contributed by atoms with E-state index in [0.29, 0.717) is 31.7 Å². The first-order chi connectivity index (χ1) is 14.5. The van der Waals surface area contributed by atoms with E-state index in [0.717, 1.165) is 11.4 Å². The summed E-state index contributed by atoms with van der Waals surface area (Å²) in [5, 5.41) is 14.5. The van der Waals surface area contributed by atoms with Crippen LogP contribution in [0.3, 0.4) is 0 Å². The van der Waals surface area contributed by atoms with Crippen LogP contribution in [0.4, 0.5) is 11.4 Å². The third-order valence-electron chi connectivity index (χ3n) is 4.65. The largest absolute Gasteiger partial charge is 0.495 e. The second kappa shape index (κ2) is 9.50. The second-order valence-corrected chi connectivity index (χ2v) is 6.50. The molecule has 0 unspecified atom stereocenters. The van der Waals surface area contributed by atoms with E-state index in [4.69, 9.17) is 4.74 Å². The number of methoxy groups -OCH3 is 1. The maximum absolute atomic E-state index is 12.4. The van der Waals surface area contributed by atoms with Crippen LogP contribution in [-0.2, 0) is 9.59 Å². The SMILES string of the molecule is COc1ccccc1N1CCN(C(=O)C(=O)N/N=C\c2cccc([N+](=O)[O-])c2)CC1. The molecule has 0 spiro atoms. The summed E-state index contributed by atoms with van der Waals surface area (Å²) in [6.45, 7) is 1.91. The molecule has 1 N–H and O–H groups in total. The molecule has 2 aromatic rings. The lowest BCUT2D eigenvalue weighted by atomic mass is 10.2. The number of hydrazone groups is 1. The van der Waals surface area contributed by atoms with Crippen molar-refractivity contribution in [3.63, 3.8) is 0 Å². The molecular formula is C20H21N5O5. The molecule has 3 rings (SSSR count). The van der Waals surface area contributed by atoms with Crippen molar-refractivity contribution in [1.82, 2.24) is 10.3 Å². The van der Waals surface area contributed by atoms with Gasteiger partial charge in [0.1, 0.15) is 5.75 Å². The summed E-state index contributed by atoms with van der Waals surface area (Å²) in [5.41, 5.74) is 3.46. The number of benzene rings is 2. The van der Waals surface area contributed by atoms with Crippen molar-refractivity contribution in [3.8, 4) is 5.75 Å². The van der Waals surface area contributed by atoms with Crippen LogP contribution in [0.5, 0.6) is 5.75 Å². The fourth-order valence-corrected chi connectivity index (χ4v) is 3.12. The molecule has 0 saturated carbocycles. The molecular weight excluding hydrogens is 390 g/mol. The van der Waals surface area contributed by atoms with Gasteiger partial charge >= 0.3 is 11.8 Å².